The van der Waals surface area contributed by atoms with Crippen LogP contribution in [0.1, 0.15) is 11.1 Å². The van der Waals surface area contributed by atoms with Gasteiger partial charge in [-0.2, -0.15) is 0 Å². The van der Waals surface area contributed by atoms with Crippen LogP contribution in [-0.2, 0) is 10.5 Å². The standard InChI is InChI=1S/C16H18S2/c1-17-16(18-2,15-11-7-4-8-12-15)13-14-9-5-3-6-10-14/h3-12H,13H2,1-2H3. The van der Waals surface area contributed by atoms with Crippen LogP contribution in [0.3, 0.4) is 0 Å². The zero-order chi connectivity index (χ0) is 12.8. The van der Waals surface area contributed by atoms with E-state index in [0.29, 0.717) is 0 Å². The van der Waals surface area contributed by atoms with E-state index in [1.54, 1.807) is 0 Å². The van der Waals surface area contributed by atoms with Crippen molar-refractivity contribution in [3.63, 3.8) is 0 Å². The van der Waals surface area contributed by atoms with Crippen LogP contribution in [0.5, 0.6) is 0 Å². The molecule has 0 aliphatic heterocycles. The van der Waals surface area contributed by atoms with Crippen molar-refractivity contribution >= 4 is 23.5 Å². The largest absolute Gasteiger partial charge is 0.142 e. The molecule has 2 aromatic rings. The quantitative estimate of drug-likeness (QED) is 0.718. The lowest BCUT2D eigenvalue weighted by Gasteiger charge is -2.31. The van der Waals surface area contributed by atoms with Crippen molar-refractivity contribution in [2.75, 3.05) is 12.5 Å². The lowest BCUT2D eigenvalue weighted by Crippen LogP contribution is -2.20. The van der Waals surface area contributed by atoms with E-state index in [1.165, 1.54) is 11.1 Å². The molecule has 0 aliphatic carbocycles. The number of benzene rings is 2. The molecule has 0 nitrogen and oxygen atoms in total. The maximum atomic E-state index is 2.23. The molecule has 2 rings (SSSR count). The summed E-state index contributed by atoms with van der Waals surface area (Å²) in [6.07, 6.45) is 5.46. The number of thioether (sulfide) groups is 2. The van der Waals surface area contributed by atoms with E-state index in [9.17, 15) is 0 Å². The van der Waals surface area contributed by atoms with Crippen molar-refractivity contribution in [2.24, 2.45) is 0 Å². The summed E-state index contributed by atoms with van der Waals surface area (Å²) in [6, 6.07) is 21.5. The Kier molecular flexibility index (Phi) is 4.79. The minimum Gasteiger partial charge on any atom is -0.142 e. The van der Waals surface area contributed by atoms with Gasteiger partial charge in [-0.3, -0.25) is 0 Å². The van der Waals surface area contributed by atoms with Crippen molar-refractivity contribution in [2.45, 2.75) is 10.5 Å². The average Bonchev–Trinajstić information content (AvgIpc) is 2.47. The van der Waals surface area contributed by atoms with E-state index < -0.39 is 0 Å². The van der Waals surface area contributed by atoms with Crippen LogP contribution >= 0.6 is 23.5 Å². The average molecular weight is 274 g/mol. The molecule has 0 bridgehead atoms. The van der Waals surface area contributed by atoms with E-state index in [4.69, 9.17) is 0 Å². The summed E-state index contributed by atoms with van der Waals surface area (Å²) in [5, 5.41) is 0. The van der Waals surface area contributed by atoms with E-state index in [-0.39, 0.29) is 4.08 Å². The number of hydrogen-bond acceptors (Lipinski definition) is 2. The zero-order valence-electron chi connectivity index (χ0n) is 10.8. The summed E-state index contributed by atoms with van der Waals surface area (Å²) in [6.45, 7) is 0. The fraction of sp³-hybridized carbons (Fsp3) is 0.250. The van der Waals surface area contributed by atoms with Crippen LogP contribution in [0.25, 0.3) is 0 Å². The van der Waals surface area contributed by atoms with Crippen LogP contribution < -0.4 is 0 Å². The molecule has 18 heavy (non-hydrogen) atoms. The molecule has 94 valence electrons. The second-order valence-electron chi connectivity index (χ2n) is 4.19. The Morgan fingerprint density at radius 3 is 1.78 bits per heavy atom. The minimum atomic E-state index is 0.114. The highest BCUT2D eigenvalue weighted by Gasteiger charge is 2.30. The fourth-order valence-corrected chi connectivity index (χ4v) is 4.15. The maximum absolute atomic E-state index is 2.23. The third-order valence-corrected chi connectivity index (χ3v) is 6.23. The van der Waals surface area contributed by atoms with E-state index in [1.807, 2.05) is 23.5 Å². The third-order valence-electron chi connectivity index (χ3n) is 3.15. The molecule has 2 aromatic carbocycles. The predicted molar refractivity (Wildman–Crippen MR) is 85.3 cm³/mol. The third kappa shape index (κ3) is 2.93. The van der Waals surface area contributed by atoms with Gasteiger partial charge in [-0.05, 0) is 23.6 Å². The molecule has 0 atom stereocenters. The molecule has 0 aromatic heterocycles. The van der Waals surface area contributed by atoms with Gasteiger partial charge in [0.15, 0.2) is 0 Å². The molecule has 0 amide bonds. The zero-order valence-corrected chi connectivity index (χ0v) is 12.4. The SMILES string of the molecule is CSC(Cc1ccccc1)(SC)c1ccccc1. The summed E-state index contributed by atoms with van der Waals surface area (Å²) >= 11 is 3.86. The normalized spacial score (nSPS) is 11.4. The van der Waals surface area contributed by atoms with Gasteiger partial charge in [0, 0.05) is 6.42 Å². The molecular weight excluding hydrogens is 256 g/mol. The van der Waals surface area contributed by atoms with E-state index in [0.717, 1.165) is 6.42 Å². The van der Waals surface area contributed by atoms with E-state index in [2.05, 4.69) is 73.2 Å². The Hall–Kier alpha value is -0.860. The summed E-state index contributed by atoms with van der Waals surface area (Å²) in [5.41, 5.74) is 2.79. The van der Waals surface area contributed by atoms with Gasteiger partial charge >= 0.3 is 0 Å². The maximum Gasteiger partial charge on any atom is 0.0894 e. The molecule has 0 N–H and O–H groups in total. The van der Waals surface area contributed by atoms with Gasteiger partial charge in [0.25, 0.3) is 0 Å². The Balaban J connectivity index is 2.33. The van der Waals surface area contributed by atoms with Crippen LogP contribution in [0.4, 0.5) is 0 Å². The molecule has 0 spiro atoms. The van der Waals surface area contributed by atoms with Gasteiger partial charge in [-0.25, -0.2) is 0 Å². The Morgan fingerprint density at radius 2 is 1.28 bits per heavy atom. The molecule has 2 heteroatoms. The van der Waals surface area contributed by atoms with Crippen molar-refractivity contribution in [3.8, 4) is 0 Å². The van der Waals surface area contributed by atoms with Gasteiger partial charge in [0.05, 0.1) is 4.08 Å². The van der Waals surface area contributed by atoms with Crippen LogP contribution in [0, 0.1) is 0 Å². The van der Waals surface area contributed by atoms with Gasteiger partial charge in [-0.1, -0.05) is 60.7 Å². The first kappa shape index (κ1) is 13.6. The molecule has 0 fully saturated rings. The molecule has 0 aliphatic rings. The molecule has 0 saturated heterocycles. The van der Waals surface area contributed by atoms with E-state index >= 15 is 0 Å². The lowest BCUT2D eigenvalue weighted by molar-refractivity contribution is 0.869. The summed E-state index contributed by atoms with van der Waals surface area (Å²) in [5.74, 6) is 0. The second-order valence-corrected chi connectivity index (χ2v) is 6.66. The fourth-order valence-electron chi connectivity index (χ4n) is 2.12. The molecule has 0 unspecified atom stereocenters. The van der Waals surface area contributed by atoms with Crippen molar-refractivity contribution < 1.29 is 0 Å². The van der Waals surface area contributed by atoms with Gasteiger partial charge in [0.2, 0.25) is 0 Å². The van der Waals surface area contributed by atoms with Crippen LogP contribution in [0.2, 0.25) is 0 Å². The van der Waals surface area contributed by atoms with Crippen molar-refractivity contribution in [1.29, 1.82) is 0 Å². The first-order chi connectivity index (χ1) is 8.80. The highest BCUT2D eigenvalue weighted by molar-refractivity contribution is 8.16. The first-order valence-corrected chi connectivity index (χ1v) is 8.45. The van der Waals surface area contributed by atoms with Gasteiger partial charge < -0.3 is 0 Å². The summed E-state index contributed by atoms with van der Waals surface area (Å²) in [4.78, 5) is 0. The van der Waals surface area contributed by atoms with Crippen molar-refractivity contribution in [3.05, 3.63) is 71.8 Å². The monoisotopic (exact) mass is 274 g/mol. The molecule has 0 radical (unpaired) electrons. The summed E-state index contributed by atoms with van der Waals surface area (Å²) < 4.78 is 0.114. The Labute approximate surface area is 118 Å². The smallest absolute Gasteiger partial charge is 0.0894 e. The highest BCUT2D eigenvalue weighted by Crippen LogP contribution is 2.46. The topological polar surface area (TPSA) is 0 Å². The number of rotatable bonds is 5. The van der Waals surface area contributed by atoms with Gasteiger partial charge in [-0.15, -0.1) is 23.5 Å². The lowest BCUT2D eigenvalue weighted by atomic mass is 10.0. The minimum absolute atomic E-state index is 0.114. The summed E-state index contributed by atoms with van der Waals surface area (Å²) in [7, 11) is 0. The van der Waals surface area contributed by atoms with Crippen LogP contribution in [-0.4, -0.2) is 12.5 Å². The highest BCUT2D eigenvalue weighted by atomic mass is 32.2. The first-order valence-electron chi connectivity index (χ1n) is 6.00. The van der Waals surface area contributed by atoms with Crippen LogP contribution in [0.15, 0.2) is 60.7 Å². The second kappa shape index (κ2) is 6.35. The molecular formula is C16H18S2. The number of hydrogen-bond donors (Lipinski definition) is 0. The van der Waals surface area contributed by atoms with Gasteiger partial charge in [0.1, 0.15) is 0 Å². The molecule has 0 heterocycles. The predicted octanol–water partition coefficient (Wildman–Crippen LogP) is 4.81. The Morgan fingerprint density at radius 1 is 0.778 bits per heavy atom. The Bertz CT molecular complexity index is 461. The molecule has 0 saturated carbocycles. The van der Waals surface area contributed by atoms with Crippen molar-refractivity contribution in [1.82, 2.24) is 0 Å².